The Kier molecular flexibility index (Phi) is 5.20. The zero-order valence-electron chi connectivity index (χ0n) is 12.7. The van der Waals surface area contributed by atoms with Gasteiger partial charge < -0.3 is 10.1 Å². The molecule has 2 aromatic carbocycles. The molecule has 0 spiro atoms. The lowest BCUT2D eigenvalue weighted by Crippen LogP contribution is -2.42. The zero-order chi connectivity index (χ0) is 17.0. The monoisotopic (exact) mass is 347 g/mol. The van der Waals surface area contributed by atoms with Gasteiger partial charge in [-0.05, 0) is 56.3 Å². The van der Waals surface area contributed by atoms with Crippen LogP contribution < -0.4 is 10.1 Å². The van der Waals surface area contributed by atoms with E-state index in [0.717, 1.165) is 0 Å². The highest BCUT2D eigenvalue weighted by Gasteiger charge is 2.17. The van der Waals surface area contributed by atoms with Gasteiger partial charge in [0, 0.05) is 15.6 Å². The number of carbonyl (C=O) groups excluding carboxylic acids is 1. The predicted molar refractivity (Wildman–Crippen MR) is 93.4 cm³/mol. The van der Waals surface area contributed by atoms with Gasteiger partial charge in [0.05, 0.1) is 5.54 Å². The molecule has 23 heavy (non-hydrogen) atoms. The topological polar surface area (TPSA) is 38.3 Å². The van der Waals surface area contributed by atoms with Gasteiger partial charge in [0.2, 0.25) is 0 Å². The van der Waals surface area contributed by atoms with Crippen molar-refractivity contribution in [1.82, 2.24) is 5.32 Å². The molecule has 0 aliphatic rings. The van der Waals surface area contributed by atoms with Crippen molar-refractivity contribution >= 4 is 29.1 Å². The number of amides is 1. The van der Waals surface area contributed by atoms with Crippen molar-refractivity contribution in [2.45, 2.75) is 19.4 Å². The fourth-order valence-corrected chi connectivity index (χ4v) is 2.30. The van der Waals surface area contributed by atoms with E-state index in [2.05, 4.69) is 11.2 Å². The summed E-state index contributed by atoms with van der Waals surface area (Å²) in [5.41, 5.74) is -0.214. The van der Waals surface area contributed by atoms with Crippen LogP contribution in [0.5, 0.6) is 11.5 Å². The van der Waals surface area contributed by atoms with Crippen LogP contribution in [0.3, 0.4) is 0 Å². The van der Waals surface area contributed by atoms with Gasteiger partial charge in [-0.15, -0.1) is 6.42 Å². The normalized spacial score (nSPS) is 10.7. The average Bonchev–Trinajstić information content (AvgIpc) is 2.46. The molecule has 0 saturated carbocycles. The van der Waals surface area contributed by atoms with E-state index in [1.165, 1.54) is 0 Å². The first-order valence-electron chi connectivity index (χ1n) is 6.83. The molecule has 2 rings (SSSR count). The van der Waals surface area contributed by atoms with E-state index in [4.69, 9.17) is 34.4 Å². The fourth-order valence-electron chi connectivity index (χ4n) is 1.79. The minimum atomic E-state index is -0.705. The molecule has 5 heteroatoms. The van der Waals surface area contributed by atoms with E-state index in [0.29, 0.717) is 27.1 Å². The van der Waals surface area contributed by atoms with E-state index < -0.39 is 5.54 Å². The quantitative estimate of drug-likeness (QED) is 0.796. The summed E-state index contributed by atoms with van der Waals surface area (Å²) in [7, 11) is 0. The summed E-state index contributed by atoms with van der Waals surface area (Å²) in [6.45, 7) is 3.51. The van der Waals surface area contributed by atoms with Crippen LogP contribution >= 0.6 is 23.2 Å². The molecule has 0 aliphatic carbocycles. The summed E-state index contributed by atoms with van der Waals surface area (Å²) in [6, 6.07) is 11.6. The van der Waals surface area contributed by atoms with Crippen LogP contribution in [0.15, 0.2) is 42.5 Å². The highest BCUT2D eigenvalue weighted by atomic mass is 35.5. The minimum absolute atomic E-state index is 0.245. The molecule has 0 radical (unpaired) electrons. The third-order valence-electron chi connectivity index (χ3n) is 2.98. The Bertz CT molecular complexity index is 741. The Hall–Kier alpha value is -2.15. The van der Waals surface area contributed by atoms with Crippen LogP contribution in [0.25, 0.3) is 0 Å². The van der Waals surface area contributed by atoms with Crippen molar-refractivity contribution in [3.05, 3.63) is 58.1 Å². The highest BCUT2D eigenvalue weighted by Crippen LogP contribution is 2.28. The second-order valence-electron chi connectivity index (χ2n) is 5.46. The molecule has 118 valence electrons. The van der Waals surface area contributed by atoms with Crippen LogP contribution in [-0.4, -0.2) is 11.4 Å². The van der Waals surface area contributed by atoms with E-state index in [1.807, 2.05) is 0 Å². The van der Waals surface area contributed by atoms with Crippen LogP contribution in [0.2, 0.25) is 10.0 Å². The van der Waals surface area contributed by atoms with E-state index >= 15 is 0 Å². The third kappa shape index (κ3) is 4.92. The third-order valence-corrected chi connectivity index (χ3v) is 3.41. The number of nitrogens with one attached hydrogen (secondary N) is 1. The van der Waals surface area contributed by atoms with E-state index in [-0.39, 0.29) is 5.91 Å². The van der Waals surface area contributed by atoms with Crippen LogP contribution in [-0.2, 0) is 0 Å². The van der Waals surface area contributed by atoms with Gasteiger partial charge in [-0.25, -0.2) is 0 Å². The smallest absolute Gasteiger partial charge is 0.252 e. The second-order valence-corrected chi connectivity index (χ2v) is 6.33. The molecule has 1 amide bonds. The SMILES string of the molecule is C#CC(C)(C)NC(=O)c1ccc(Oc2cc(Cl)cc(Cl)c2)cc1. The lowest BCUT2D eigenvalue weighted by atomic mass is 10.1. The maximum Gasteiger partial charge on any atom is 0.252 e. The van der Waals surface area contributed by atoms with Gasteiger partial charge in [-0.2, -0.15) is 0 Å². The lowest BCUT2D eigenvalue weighted by molar-refractivity contribution is 0.0930. The summed E-state index contributed by atoms with van der Waals surface area (Å²) in [5.74, 6) is 3.36. The van der Waals surface area contributed by atoms with Crippen LogP contribution in [0.1, 0.15) is 24.2 Å². The van der Waals surface area contributed by atoms with Crippen molar-refractivity contribution in [2.75, 3.05) is 0 Å². The zero-order valence-corrected chi connectivity index (χ0v) is 14.2. The molecule has 3 nitrogen and oxygen atoms in total. The van der Waals surface area contributed by atoms with Crippen molar-refractivity contribution in [3.8, 4) is 23.8 Å². The van der Waals surface area contributed by atoms with Gasteiger partial charge in [0.15, 0.2) is 0 Å². The summed E-state index contributed by atoms with van der Waals surface area (Å²) < 4.78 is 5.66. The fraction of sp³-hybridized carbons (Fsp3) is 0.167. The van der Waals surface area contributed by atoms with Crippen LogP contribution in [0.4, 0.5) is 0 Å². The maximum atomic E-state index is 12.1. The van der Waals surface area contributed by atoms with Crippen molar-refractivity contribution in [3.63, 3.8) is 0 Å². The molecular formula is C18H15Cl2NO2. The number of halogens is 2. The highest BCUT2D eigenvalue weighted by molar-refractivity contribution is 6.34. The molecule has 2 aromatic rings. The molecular weight excluding hydrogens is 333 g/mol. The average molecular weight is 348 g/mol. The number of terminal acetylenes is 1. The summed E-state index contributed by atoms with van der Waals surface area (Å²) in [5, 5.41) is 3.73. The Labute approximate surface area is 145 Å². The Morgan fingerprint density at radius 1 is 1.09 bits per heavy atom. The number of benzene rings is 2. The molecule has 0 unspecified atom stereocenters. The van der Waals surface area contributed by atoms with Crippen LogP contribution in [0, 0.1) is 12.3 Å². The Balaban J connectivity index is 2.10. The molecule has 0 aromatic heterocycles. The number of hydrogen-bond donors (Lipinski definition) is 1. The maximum absolute atomic E-state index is 12.1. The van der Waals surface area contributed by atoms with Crippen molar-refractivity contribution < 1.29 is 9.53 Å². The first kappa shape index (κ1) is 17.2. The number of hydrogen-bond acceptors (Lipinski definition) is 2. The first-order valence-corrected chi connectivity index (χ1v) is 7.59. The number of ether oxygens (including phenoxy) is 1. The predicted octanol–water partition coefficient (Wildman–Crippen LogP) is 4.93. The Morgan fingerprint density at radius 3 is 2.17 bits per heavy atom. The number of carbonyl (C=O) groups is 1. The minimum Gasteiger partial charge on any atom is -0.457 e. The van der Waals surface area contributed by atoms with Gasteiger partial charge in [-0.1, -0.05) is 29.1 Å². The summed E-state index contributed by atoms with van der Waals surface area (Å²) in [6.07, 6.45) is 5.36. The molecule has 0 atom stereocenters. The number of rotatable bonds is 4. The Morgan fingerprint density at radius 2 is 1.65 bits per heavy atom. The lowest BCUT2D eigenvalue weighted by Gasteiger charge is -2.19. The molecule has 0 heterocycles. The van der Waals surface area contributed by atoms with Gasteiger partial charge in [0.1, 0.15) is 11.5 Å². The van der Waals surface area contributed by atoms with E-state index in [1.54, 1.807) is 56.3 Å². The molecule has 0 aliphatic heterocycles. The largest absolute Gasteiger partial charge is 0.457 e. The van der Waals surface area contributed by atoms with E-state index in [9.17, 15) is 4.79 Å². The molecule has 0 fully saturated rings. The van der Waals surface area contributed by atoms with Gasteiger partial charge in [0.25, 0.3) is 5.91 Å². The van der Waals surface area contributed by atoms with Crippen molar-refractivity contribution in [1.29, 1.82) is 0 Å². The van der Waals surface area contributed by atoms with Crippen molar-refractivity contribution in [2.24, 2.45) is 0 Å². The second kappa shape index (κ2) is 6.95. The molecule has 0 bridgehead atoms. The van der Waals surface area contributed by atoms with Gasteiger partial charge in [-0.3, -0.25) is 4.79 Å². The van der Waals surface area contributed by atoms with Gasteiger partial charge >= 0.3 is 0 Å². The summed E-state index contributed by atoms with van der Waals surface area (Å²) in [4.78, 5) is 12.1. The molecule has 1 N–H and O–H groups in total. The standard InChI is InChI=1S/C18H15Cl2NO2/c1-4-18(2,3)21-17(22)12-5-7-15(8-6-12)23-16-10-13(19)9-14(20)11-16/h1,5-11H,2-3H3,(H,21,22). The molecule has 0 saturated heterocycles. The summed E-state index contributed by atoms with van der Waals surface area (Å²) >= 11 is 11.8. The first-order chi connectivity index (χ1) is 10.8.